The number of halogens is 1. The van der Waals surface area contributed by atoms with E-state index in [0.717, 1.165) is 0 Å². The van der Waals surface area contributed by atoms with Crippen LogP contribution in [0.5, 0.6) is 0 Å². The average Bonchev–Trinajstić information content (AvgIpc) is 2.56. The molecule has 22 heavy (non-hydrogen) atoms. The molecule has 0 aliphatic rings. The van der Waals surface area contributed by atoms with Crippen LogP contribution < -0.4 is 5.32 Å². The first kappa shape index (κ1) is 9.52. The van der Waals surface area contributed by atoms with Gasteiger partial charge in [-0.25, -0.2) is 17.6 Å². The van der Waals surface area contributed by atoms with Crippen LogP contribution in [-0.2, 0) is 9.84 Å². The Morgan fingerprint density at radius 3 is 2.86 bits per heavy atom. The lowest BCUT2D eigenvalue weighted by molar-refractivity contribution is 0.195. The van der Waals surface area contributed by atoms with Crippen LogP contribution >= 0.6 is 0 Å². The van der Waals surface area contributed by atoms with E-state index >= 15 is 0 Å². The molecule has 2 rings (SSSR count). The Bertz CT molecular complexity index is 1110. The summed E-state index contributed by atoms with van der Waals surface area (Å²) < 4.78 is 85.8. The predicted molar refractivity (Wildman–Crippen MR) is 79.0 cm³/mol. The van der Waals surface area contributed by atoms with Gasteiger partial charge in [-0.3, -0.25) is 4.98 Å². The second kappa shape index (κ2) is 6.52. The number of sulfone groups is 1. The Morgan fingerprint density at radius 2 is 2.14 bits per heavy atom. The van der Waals surface area contributed by atoms with E-state index in [9.17, 15) is 17.6 Å². The van der Waals surface area contributed by atoms with Crippen molar-refractivity contribution < 1.29 is 30.9 Å². The summed E-state index contributed by atoms with van der Waals surface area (Å²) in [5.41, 5.74) is -0.631. The van der Waals surface area contributed by atoms with Crippen molar-refractivity contribution in [1.82, 2.24) is 10.3 Å². The molecule has 0 bridgehead atoms. The van der Waals surface area contributed by atoms with Gasteiger partial charge in [-0.15, -0.1) is 0 Å². The summed E-state index contributed by atoms with van der Waals surface area (Å²) >= 11 is 0. The Hall–Kier alpha value is -2.48. The number of aromatic nitrogens is 1. The molecule has 0 unspecified atom stereocenters. The minimum absolute atomic E-state index is 0.502. The molecule has 0 aliphatic heterocycles. The molecule has 1 aromatic heterocycles. The first-order valence-electron chi connectivity index (χ1n) is 8.79. The fourth-order valence-electron chi connectivity index (χ4n) is 1.54. The third-order valence-corrected chi connectivity index (χ3v) is 4.02. The molecule has 0 fully saturated rings. The maximum atomic E-state index is 13.9. The number of hydrogen-bond donors (Lipinski definition) is 2. The molecule has 0 saturated carbocycles. The molecule has 116 valence electrons. The molecule has 2 N–H and O–H groups in total. The van der Waals surface area contributed by atoms with Crippen LogP contribution in [0.3, 0.4) is 0 Å². The van der Waals surface area contributed by atoms with E-state index < -0.39 is 86.2 Å². The highest BCUT2D eigenvalue weighted by Crippen LogP contribution is 2.23. The lowest BCUT2D eigenvalue weighted by Gasteiger charge is -2.06. The Balaban J connectivity index is 2.70. The number of nitrogens with one attached hydrogen (secondary N) is 1. The normalized spacial score (nSPS) is 16.1. The summed E-state index contributed by atoms with van der Waals surface area (Å²) in [5.74, 6) is -2.52. The summed E-state index contributed by atoms with van der Waals surface area (Å²) in [4.78, 5) is 13.0. The summed E-state index contributed by atoms with van der Waals surface area (Å²) in [7, 11) is -4.65. The standard InChI is InChI=1S/C14H13FN2O4S/c15-11(6-8-17-14(18)19)9-22(20,21)12-5-1-3-10-4-2-7-16-13(10)12/h1-7,17H,8-9H2,(H,18,19)/b11-6-/i1D,2D,3D,4D,5D,7D. The van der Waals surface area contributed by atoms with Crippen LogP contribution in [0.4, 0.5) is 9.18 Å². The maximum absolute atomic E-state index is 13.9. The van der Waals surface area contributed by atoms with Gasteiger partial charge in [0, 0.05) is 18.1 Å². The zero-order valence-electron chi connectivity index (χ0n) is 16.9. The molecular weight excluding hydrogens is 311 g/mol. The van der Waals surface area contributed by atoms with Gasteiger partial charge < -0.3 is 10.4 Å². The summed E-state index contributed by atoms with van der Waals surface area (Å²) in [6, 6.07) is -3.89. The number of benzene rings is 1. The quantitative estimate of drug-likeness (QED) is 0.875. The zero-order chi connectivity index (χ0) is 21.4. The van der Waals surface area contributed by atoms with Crippen molar-refractivity contribution in [3.05, 3.63) is 48.3 Å². The first-order valence-corrected chi connectivity index (χ1v) is 7.45. The van der Waals surface area contributed by atoms with E-state index in [1.54, 1.807) is 0 Å². The molecule has 2 aromatic rings. The second-order valence-electron chi connectivity index (χ2n) is 4.00. The van der Waals surface area contributed by atoms with Gasteiger partial charge in [0.15, 0.2) is 9.84 Å². The number of fused-ring (bicyclic) bond motifs is 1. The van der Waals surface area contributed by atoms with Gasteiger partial charge in [0.05, 0.1) is 18.6 Å². The van der Waals surface area contributed by atoms with Crippen molar-refractivity contribution in [2.24, 2.45) is 0 Å². The smallest absolute Gasteiger partial charge is 0.404 e. The number of pyridine rings is 1. The fourth-order valence-corrected chi connectivity index (χ4v) is 2.81. The van der Waals surface area contributed by atoms with E-state index in [-0.39, 0.29) is 0 Å². The van der Waals surface area contributed by atoms with Crippen molar-refractivity contribution in [3.63, 3.8) is 0 Å². The molecule has 8 heteroatoms. The van der Waals surface area contributed by atoms with Crippen molar-refractivity contribution in [3.8, 4) is 0 Å². The molecule has 0 radical (unpaired) electrons. The zero-order valence-corrected chi connectivity index (χ0v) is 11.7. The van der Waals surface area contributed by atoms with Crippen molar-refractivity contribution in [2.75, 3.05) is 12.3 Å². The Kier molecular flexibility index (Phi) is 2.82. The molecule has 1 heterocycles. The van der Waals surface area contributed by atoms with Crippen LogP contribution in [-0.4, -0.2) is 36.9 Å². The number of amides is 1. The number of rotatable bonds is 5. The van der Waals surface area contributed by atoms with Crippen molar-refractivity contribution in [1.29, 1.82) is 0 Å². The highest BCUT2D eigenvalue weighted by Gasteiger charge is 2.20. The van der Waals surface area contributed by atoms with Crippen LogP contribution in [0, 0.1) is 0 Å². The van der Waals surface area contributed by atoms with E-state index in [4.69, 9.17) is 13.3 Å². The highest BCUT2D eigenvalue weighted by molar-refractivity contribution is 7.91. The van der Waals surface area contributed by atoms with Gasteiger partial charge in [0.25, 0.3) is 0 Å². The number of hydrogen-bond acceptors (Lipinski definition) is 4. The minimum atomic E-state index is -4.65. The lowest BCUT2D eigenvalue weighted by Crippen LogP contribution is -2.21. The van der Waals surface area contributed by atoms with Crippen molar-refractivity contribution in [2.45, 2.75) is 4.90 Å². The number of carbonyl (C=O) groups is 1. The highest BCUT2D eigenvalue weighted by atomic mass is 32.2. The molecule has 6 nitrogen and oxygen atoms in total. The molecule has 0 saturated heterocycles. The third-order valence-electron chi connectivity index (χ3n) is 2.44. The SMILES string of the molecule is [2H]c1nc2c(S(=O)(=O)C/C(F)=C/CNC(=O)O)c([2H])c([2H])c([2H])c2c([2H])c1[2H]. The maximum Gasteiger partial charge on any atom is 0.404 e. The van der Waals surface area contributed by atoms with Crippen LogP contribution in [0.1, 0.15) is 8.22 Å². The minimum Gasteiger partial charge on any atom is -0.465 e. The fraction of sp³-hybridized carbons (Fsp3) is 0.143. The van der Waals surface area contributed by atoms with E-state index in [2.05, 4.69) is 4.98 Å². The third kappa shape index (κ3) is 3.79. The topological polar surface area (TPSA) is 96.4 Å². The van der Waals surface area contributed by atoms with Crippen LogP contribution in [0.2, 0.25) is 0 Å². The number of carboxylic acid groups (broad SMARTS) is 1. The van der Waals surface area contributed by atoms with Gasteiger partial charge in [0.1, 0.15) is 11.6 Å². The summed E-state index contributed by atoms with van der Waals surface area (Å²) in [5, 5.41) is 9.73. The van der Waals surface area contributed by atoms with Gasteiger partial charge in [-0.05, 0) is 18.2 Å². The van der Waals surface area contributed by atoms with Gasteiger partial charge >= 0.3 is 6.09 Å². The van der Waals surface area contributed by atoms with Gasteiger partial charge in [-0.2, -0.15) is 0 Å². The Morgan fingerprint density at radius 1 is 1.41 bits per heavy atom. The first-order chi connectivity index (χ1) is 12.9. The lowest BCUT2D eigenvalue weighted by atomic mass is 10.2. The molecule has 1 amide bonds. The average molecular weight is 330 g/mol. The molecular formula is C14H13FN2O4S. The van der Waals surface area contributed by atoms with E-state index in [1.807, 2.05) is 5.32 Å². The van der Waals surface area contributed by atoms with E-state index in [1.165, 1.54) is 0 Å². The molecule has 0 spiro atoms. The van der Waals surface area contributed by atoms with Crippen molar-refractivity contribution >= 4 is 26.8 Å². The number of nitrogens with zero attached hydrogens (tertiary/aromatic N) is 1. The molecule has 1 aromatic carbocycles. The predicted octanol–water partition coefficient (Wildman–Crippen LogP) is 2.13. The molecule has 0 atom stereocenters. The summed E-state index contributed by atoms with van der Waals surface area (Å²) in [6.07, 6.45) is -1.55. The monoisotopic (exact) mass is 330 g/mol. The number of para-hydroxylation sites is 1. The van der Waals surface area contributed by atoms with Gasteiger partial charge in [-0.1, -0.05) is 18.1 Å². The summed E-state index contributed by atoms with van der Waals surface area (Å²) in [6.45, 7) is -0.505. The van der Waals surface area contributed by atoms with Crippen LogP contribution in [0.15, 0.2) is 53.2 Å². The van der Waals surface area contributed by atoms with Gasteiger partial charge in [0.2, 0.25) is 0 Å². The largest absolute Gasteiger partial charge is 0.465 e. The molecule has 0 aliphatic carbocycles. The van der Waals surface area contributed by atoms with Crippen LogP contribution in [0.25, 0.3) is 10.9 Å². The second-order valence-corrected chi connectivity index (χ2v) is 5.92. The Labute approximate surface area is 134 Å². The van der Waals surface area contributed by atoms with E-state index in [0.29, 0.717) is 6.08 Å².